The summed E-state index contributed by atoms with van der Waals surface area (Å²) in [5.74, 6) is 1.86. The van der Waals surface area contributed by atoms with Crippen LogP contribution in [0.4, 0.5) is 11.6 Å². The van der Waals surface area contributed by atoms with Crippen molar-refractivity contribution in [1.29, 1.82) is 0 Å². The van der Waals surface area contributed by atoms with E-state index in [1.807, 2.05) is 12.1 Å². The van der Waals surface area contributed by atoms with Gasteiger partial charge in [-0.2, -0.15) is 0 Å². The van der Waals surface area contributed by atoms with Crippen LogP contribution in [0.15, 0.2) is 37.1 Å². The van der Waals surface area contributed by atoms with Crippen LogP contribution < -0.4 is 25.4 Å². The van der Waals surface area contributed by atoms with E-state index >= 15 is 0 Å². The van der Waals surface area contributed by atoms with Crippen molar-refractivity contribution >= 4 is 51.5 Å². The van der Waals surface area contributed by atoms with E-state index < -0.39 is 0 Å². The van der Waals surface area contributed by atoms with Crippen molar-refractivity contribution in [2.24, 2.45) is 0 Å². The zero-order chi connectivity index (χ0) is 25.8. The summed E-state index contributed by atoms with van der Waals surface area (Å²) in [6.45, 7) is 4.54. The number of nitrogens with zero attached hydrogens (tertiary/aromatic N) is 2. The number of aromatic nitrogens is 2. The van der Waals surface area contributed by atoms with Gasteiger partial charge in [-0.05, 0) is 24.6 Å². The van der Waals surface area contributed by atoms with Crippen LogP contribution in [-0.4, -0.2) is 62.4 Å². The summed E-state index contributed by atoms with van der Waals surface area (Å²) in [5.41, 5.74) is 1.03. The monoisotopic (exact) mass is 531 g/mol. The van der Waals surface area contributed by atoms with Crippen molar-refractivity contribution < 1.29 is 19.0 Å². The molecule has 36 heavy (non-hydrogen) atoms. The van der Waals surface area contributed by atoms with Gasteiger partial charge < -0.3 is 30.2 Å². The maximum Gasteiger partial charge on any atom is 0.243 e. The maximum atomic E-state index is 11.8. The first-order valence-corrected chi connectivity index (χ1v) is 12.0. The predicted octanol–water partition coefficient (Wildman–Crippen LogP) is 4.53. The van der Waals surface area contributed by atoms with Crippen molar-refractivity contribution in [2.75, 3.05) is 45.1 Å². The molecule has 3 aromatic rings. The van der Waals surface area contributed by atoms with Crippen LogP contribution in [0.3, 0.4) is 0 Å². The van der Waals surface area contributed by atoms with E-state index in [4.69, 9.17) is 42.4 Å². The number of amides is 1. The third kappa shape index (κ3) is 5.13. The normalized spacial score (nSPS) is 17.4. The summed E-state index contributed by atoms with van der Waals surface area (Å²) < 4.78 is 16.4. The van der Waals surface area contributed by atoms with Gasteiger partial charge in [-0.15, -0.1) is 0 Å². The molecule has 0 spiro atoms. The highest BCUT2D eigenvalue weighted by Crippen LogP contribution is 2.46. The first kappa shape index (κ1) is 25.8. The molecule has 3 heterocycles. The molecule has 0 bridgehead atoms. The van der Waals surface area contributed by atoms with E-state index in [1.54, 1.807) is 19.3 Å². The van der Waals surface area contributed by atoms with E-state index in [2.05, 4.69) is 27.5 Å². The fourth-order valence-corrected chi connectivity index (χ4v) is 4.83. The number of nitrogens with one attached hydrogen (secondary N) is 3. The molecule has 1 aliphatic rings. The Hall–Kier alpha value is -3.27. The Labute approximate surface area is 219 Å². The molecule has 0 aliphatic carbocycles. The van der Waals surface area contributed by atoms with Crippen LogP contribution >= 0.6 is 23.2 Å². The Kier molecular flexibility index (Phi) is 8.03. The number of fused-ring (bicyclic) bond motifs is 1. The molecule has 0 saturated carbocycles. The number of ether oxygens (including phenoxy) is 3. The van der Waals surface area contributed by atoms with Gasteiger partial charge in [0.2, 0.25) is 5.91 Å². The summed E-state index contributed by atoms with van der Waals surface area (Å²) >= 11 is 13.2. The second-order valence-electron chi connectivity index (χ2n) is 8.11. The number of methoxy groups -OCH3 is 2. The predicted molar refractivity (Wildman–Crippen MR) is 143 cm³/mol. The fraction of sp³-hybridized carbons (Fsp3) is 0.320. The Morgan fingerprint density at radius 3 is 2.53 bits per heavy atom. The van der Waals surface area contributed by atoms with Gasteiger partial charge >= 0.3 is 0 Å². The van der Waals surface area contributed by atoms with E-state index in [0.717, 1.165) is 10.8 Å². The summed E-state index contributed by atoms with van der Waals surface area (Å²) in [5, 5.41) is 11.8. The second-order valence-corrected chi connectivity index (χ2v) is 8.87. The maximum absolute atomic E-state index is 11.8. The molecule has 0 unspecified atom stereocenters. The van der Waals surface area contributed by atoms with Gasteiger partial charge in [0.25, 0.3) is 0 Å². The van der Waals surface area contributed by atoms with Crippen molar-refractivity contribution in [3.63, 3.8) is 0 Å². The lowest BCUT2D eigenvalue weighted by atomic mass is 10.0. The van der Waals surface area contributed by atoms with Crippen molar-refractivity contribution in [3.8, 4) is 22.8 Å². The van der Waals surface area contributed by atoms with Crippen molar-refractivity contribution in [3.05, 3.63) is 47.1 Å². The Morgan fingerprint density at radius 2 is 1.89 bits per heavy atom. The molecule has 1 aliphatic heterocycles. The van der Waals surface area contributed by atoms with Gasteiger partial charge in [0.05, 0.1) is 48.6 Å². The van der Waals surface area contributed by atoms with E-state index in [9.17, 15) is 4.79 Å². The van der Waals surface area contributed by atoms with E-state index in [-0.39, 0.29) is 18.0 Å². The van der Waals surface area contributed by atoms with Crippen LogP contribution in [0.1, 0.15) is 6.42 Å². The minimum atomic E-state index is -0.221. The number of benzene rings is 1. The van der Waals surface area contributed by atoms with Crippen LogP contribution in [0.5, 0.6) is 11.5 Å². The van der Waals surface area contributed by atoms with Gasteiger partial charge in [0.1, 0.15) is 23.1 Å². The topological polar surface area (TPSA) is 107 Å². The molecule has 2 atom stereocenters. The number of carbonyl (C=O) groups excluding carboxylic acids is 1. The Balaban J connectivity index is 1.72. The summed E-state index contributed by atoms with van der Waals surface area (Å²) in [6.07, 6.45) is 3.69. The van der Waals surface area contributed by atoms with Gasteiger partial charge in [0.15, 0.2) is 0 Å². The highest BCUT2D eigenvalue weighted by Gasteiger charge is 2.27. The lowest BCUT2D eigenvalue weighted by Gasteiger charge is -2.32. The van der Waals surface area contributed by atoms with Crippen molar-refractivity contribution in [1.82, 2.24) is 15.3 Å². The van der Waals surface area contributed by atoms with Gasteiger partial charge in [-0.1, -0.05) is 29.8 Å². The lowest BCUT2D eigenvalue weighted by molar-refractivity contribution is -0.117. The molecule has 1 saturated heterocycles. The Morgan fingerprint density at radius 1 is 1.17 bits per heavy atom. The first-order valence-electron chi connectivity index (χ1n) is 11.3. The molecule has 1 fully saturated rings. The molecular formula is C25H27Cl2N5O4. The molecule has 1 aromatic carbocycles. The van der Waals surface area contributed by atoms with Gasteiger partial charge in [0, 0.05) is 42.3 Å². The number of halogens is 2. The lowest BCUT2D eigenvalue weighted by Crippen LogP contribution is -2.52. The van der Waals surface area contributed by atoms with Crippen LogP contribution in [0, 0.1) is 0 Å². The van der Waals surface area contributed by atoms with Crippen LogP contribution in [0.2, 0.25) is 10.0 Å². The van der Waals surface area contributed by atoms with Gasteiger partial charge in [-0.3, -0.25) is 4.79 Å². The number of pyridine rings is 2. The SMILES string of the molecule is C=CC(=O)N[C@H]1CCOC[C@H]1Nc1cc2c(NC)nc(-c3c(Cl)c(OC)cc(OC)c3Cl)cc2cn1. The standard InChI is InChI=1S/C25H27Cl2N5O4/c1-5-21(33)31-15-6-7-36-12-17(15)30-20-9-14-13(11-29-20)8-16(32-25(14)28-2)22-23(26)18(34-3)10-19(35-4)24(22)27/h5,8-11,15,17H,1,6-7,12H2,2-4H3,(H,28,32)(H,29,30)(H,31,33)/t15-,17+/m0/s1. The molecular weight excluding hydrogens is 505 g/mol. The molecule has 1 amide bonds. The third-order valence-electron chi connectivity index (χ3n) is 5.98. The smallest absolute Gasteiger partial charge is 0.243 e. The number of anilines is 2. The summed E-state index contributed by atoms with van der Waals surface area (Å²) in [4.78, 5) is 21.2. The number of rotatable bonds is 8. The zero-order valence-corrected chi connectivity index (χ0v) is 21.7. The van der Waals surface area contributed by atoms with Crippen LogP contribution in [0.25, 0.3) is 22.0 Å². The molecule has 9 nitrogen and oxygen atoms in total. The number of hydrogen-bond donors (Lipinski definition) is 3. The second kappa shape index (κ2) is 11.2. The molecule has 0 radical (unpaired) electrons. The summed E-state index contributed by atoms with van der Waals surface area (Å²) in [6, 6.07) is 5.12. The molecule has 3 N–H and O–H groups in total. The minimum Gasteiger partial charge on any atom is -0.495 e. The van der Waals surface area contributed by atoms with Crippen molar-refractivity contribution in [2.45, 2.75) is 18.5 Å². The molecule has 2 aromatic heterocycles. The van der Waals surface area contributed by atoms with E-state index in [1.165, 1.54) is 20.3 Å². The average molecular weight is 532 g/mol. The minimum absolute atomic E-state index is 0.113. The average Bonchev–Trinajstić information content (AvgIpc) is 2.89. The van der Waals surface area contributed by atoms with E-state index in [0.29, 0.717) is 64.1 Å². The first-order chi connectivity index (χ1) is 17.4. The molecule has 4 rings (SSSR count). The number of carbonyl (C=O) groups is 1. The Bertz CT molecular complexity index is 1280. The zero-order valence-electron chi connectivity index (χ0n) is 20.2. The fourth-order valence-electron chi connectivity index (χ4n) is 4.14. The highest BCUT2D eigenvalue weighted by atomic mass is 35.5. The summed E-state index contributed by atoms with van der Waals surface area (Å²) in [7, 11) is 4.83. The third-order valence-corrected chi connectivity index (χ3v) is 6.73. The molecule has 190 valence electrons. The van der Waals surface area contributed by atoms with Crippen LogP contribution in [-0.2, 0) is 9.53 Å². The quantitative estimate of drug-likeness (QED) is 0.364. The molecule has 11 heteroatoms. The van der Waals surface area contributed by atoms with Gasteiger partial charge in [-0.25, -0.2) is 9.97 Å². The highest BCUT2D eigenvalue weighted by molar-refractivity contribution is 6.41. The largest absolute Gasteiger partial charge is 0.495 e. The number of hydrogen-bond acceptors (Lipinski definition) is 8.